The van der Waals surface area contributed by atoms with Gasteiger partial charge in [0.05, 0.1) is 6.04 Å². The third kappa shape index (κ3) is 6.01. The first-order valence-corrected chi connectivity index (χ1v) is 6.47. The number of carbonyl (C=O) groups is 2. The number of carbonyl (C=O) groups excluding carboxylic acids is 2. The summed E-state index contributed by atoms with van der Waals surface area (Å²) in [4.78, 5) is 22.9. The average Bonchev–Trinajstić information content (AvgIpc) is 2.40. The number of hydrogen-bond donors (Lipinski definition) is 3. The van der Waals surface area contributed by atoms with Gasteiger partial charge < -0.3 is 16.4 Å². The van der Waals surface area contributed by atoms with Crippen LogP contribution >= 0.6 is 0 Å². The molecular weight excluding hydrogens is 242 g/mol. The summed E-state index contributed by atoms with van der Waals surface area (Å²) >= 11 is 0. The Kier molecular flexibility index (Phi) is 6.60. The zero-order valence-corrected chi connectivity index (χ0v) is 11.2. The van der Waals surface area contributed by atoms with Crippen molar-refractivity contribution in [2.75, 3.05) is 13.1 Å². The minimum Gasteiger partial charge on any atom is -0.356 e. The van der Waals surface area contributed by atoms with Crippen LogP contribution in [-0.4, -0.2) is 30.9 Å². The lowest BCUT2D eigenvalue weighted by molar-refractivity contribution is -0.123. The van der Waals surface area contributed by atoms with Gasteiger partial charge in [-0.15, -0.1) is 0 Å². The van der Waals surface area contributed by atoms with Crippen LogP contribution < -0.4 is 16.4 Å². The van der Waals surface area contributed by atoms with Crippen LogP contribution in [0.3, 0.4) is 0 Å². The van der Waals surface area contributed by atoms with Gasteiger partial charge in [-0.1, -0.05) is 30.3 Å². The maximum atomic E-state index is 11.7. The summed E-state index contributed by atoms with van der Waals surface area (Å²) in [6.07, 6.45) is 0.769. The minimum atomic E-state index is -0.586. The van der Waals surface area contributed by atoms with Crippen LogP contribution in [-0.2, 0) is 16.0 Å². The molecule has 104 valence electrons. The third-order valence-electron chi connectivity index (χ3n) is 2.66. The number of nitrogens with one attached hydrogen (secondary N) is 2. The van der Waals surface area contributed by atoms with Gasteiger partial charge in [-0.2, -0.15) is 0 Å². The first-order valence-electron chi connectivity index (χ1n) is 6.47. The van der Waals surface area contributed by atoms with Crippen LogP contribution in [0.1, 0.15) is 18.9 Å². The van der Waals surface area contributed by atoms with E-state index in [0.717, 1.165) is 5.56 Å². The van der Waals surface area contributed by atoms with E-state index < -0.39 is 6.04 Å². The molecule has 5 nitrogen and oxygen atoms in total. The van der Waals surface area contributed by atoms with Crippen molar-refractivity contribution < 1.29 is 9.59 Å². The standard InChI is InChI=1S/C14H21N3O2/c1-2-16-13(18)8-9-17-14(19)12(15)10-11-6-4-3-5-7-11/h3-7,12H,2,8-10,15H2,1H3,(H,16,18)(H,17,19). The molecule has 1 unspecified atom stereocenters. The lowest BCUT2D eigenvalue weighted by Crippen LogP contribution is -2.43. The molecule has 0 aliphatic rings. The van der Waals surface area contributed by atoms with Gasteiger partial charge in [0.25, 0.3) is 0 Å². The highest BCUT2D eigenvalue weighted by atomic mass is 16.2. The molecule has 0 radical (unpaired) electrons. The second-order valence-corrected chi connectivity index (χ2v) is 4.29. The summed E-state index contributed by atoms with van der Waals surface area (Å²) in [6, 6.07) is 9.02. The van der Waals surface area contributed by atoms with Gasteiger partial charge in [-0.25, -0.2) is 0 Å². The van der Waals surface area contributed by atoms with E-state index in [4.69, 9.17) is 5.73 Å². The molecule has 0 aromatic heterocycles. The Balaban J connectivity index is 2.27. The molecule has 1 aromatic carbocycles. The molecule has 0 bridgehead atoms. The van der Waals surface area contributed by atoms with Crippen molar-refractivity contribution in [2.24, 2.45) is 5.73 Å². The highest BCUT2D eigenvalue weighted by Crippen LogP contribution is 2.01. The Morgan fingerprint density at radius 3 is 2.53 bits per heavy atom. The maximum absolute atomic E-state index is 11.7. The average molecular weight is 263 g/mol. The minimum absolute atomic E-state index is 0.0700. The van der Waals surface area contributed by atoms with E-state index in [1.165, 1.54) is 0 Å². The molecule has 0 spiro atoms. The summed E-state index contributed by atoms with van der Waals surface area (Å²) in [5.41, 5.74) is 6.83. The largest absolute Gasteiger partial charge is 0.356 e. The van der Waals surface area contributed by atoms with E-state index in [1.54, 1.807) is 0 Å². The van der Waals surface area contributed by atoms with Gasteiger partial charge in [-0.05, 0) is 18.9 Å². The zero-order valence-electron chi connectivity index (χ0n) is 11.2. The lowest BCUT2D eigenvalue weighted by Gasteiger charge is -2.12. The van der Waals surface area contributed by atoms with Crippen molar-refractivity contribution in [3.05, 3.63) is 35.9 Å². The normalized spacial score (nSPS) is 11.7. The van der Waals surface area contributed by atoms with Gasteiger partial charge in [-0.3, -0.25) is 9.59 Å². The second-order valence-electron chi connectivity index (χ2n) is 4.29. The van der Waals surface area contributed by atoms with E-state index in [9.17, 15) is 9.59 Å². The number of rotatable bonds is 7. The van der Waals surface area contributed by atoms with Crippen LogP contribution in [0.15, 0.2) is 30.3 Å². The summed E-state index contributed by atoms with van der Waals surface area (Å²) in [6.45, 7) is 2.76. The van der Waals surface area contributed by atoms with Gasteiger partial charge in [0.1, 0.15) is 0 Å². The molecule has 1 rings (SSSR count). The molecule has 0 aliphatic carbocycles. The molecule has 0 aliphatic heterocycles. The Morgan fingerprint density at radius 2 is 1.89 bits per heavy atom. The molecule has 0 saturated heterocycles. The van der Waals surface area contributed by atoms with Gasteiger partial charge in [0.2, 0.25) is 11.8 Å². The molecule has 1 atom stereocenters. The van der Waals surface area contributed by atoms with Crippen molar-refractivity contribution in [2.45, 2.75) is 25.8 Å². The fraction of sp³-hybridized carbons (Fsp3) is 0.429. The van der Waals surface area contributed by atoms with Crippen LogP contribution in [0, 0.1) is 0 Å². The van der Waals surface area contributed by atoms with Crippen molar-refractivity contribution in [3.8, 4) is 0 Å². The Morgan fingerprint density at radius 1 is 1.21 bits per heavy atom. The Hall–Kier alpha value is -1.88. The SMILES string of the molecule is CCNC(=O)CCNC(=O)C(N)Cc1ccccc1. The van der Waals surface area contributed by atoms with E-state index in [-0.39, 0.29) is 18.2 Å². The predicted octanol–water partition coefficient (Wildman–Crippen LogP) is 0.199. The second kappa shape index (κ2) is 8.26. The molecule has 0 heterocycles. The third-order valence-corrected chi connectivity index (χ3v) is 2.66. The van der Waals surface area contributed by atoms with E-state index in [0.29, 0.717) is 19.5 Å². The van der Waals surface area contributed by atoms with Crippen LogP contribution in [0.25, 0.3) is 0 Å². The summed E-state index contributed by atoms with van der Waals surface area (Å²) in [5.74, 6) is -0.299. The number of benzene rings is 1. The van der Waals surface area contributed by atoms with Crippen molar-refractivity contribution in [3.63, 3.8) is 0 Å². The summed E-state index contributed by atoms with van der Waals surface area (Å²) in [7, 11) is 0. The van der Waals surface area contributed by atoms with Gasteiger partial charge in [0.15, 0.2) is 0 Å². The number of hydrogen-bond acceptors (Lipinski definition) is 3. The van der Waals surface area contributed by atoms with Crippen LogP contribution in [0.2, 0.25) is 0 Å². The quantitative estimate of drug-likeness (QED) is 0.657. The smallest absolute Gasteiger partial charge is 0.237 e. The molecule has 1 aromatic rings. The molecule has 4 N–H and O–H groups in total. The maximum Gasteiger partial charge on any atom is 0.237 e. The molecular formula is C14H21N3O2. The van der Waals surface area contributed by atoms with E-state index in [1.807, 2.05) is 37.3 Å². The van der Waals surface area contributed by atoms with Crippen LogP contribution in [0.4, 0.5) is 0 Å². The van der Waals surface area contributed by atoms with Crippen molar-refractivity contribution >= 4 is 11.8 Å². The van der Waals surface area contributed by atoms with E-state index >= 15 is 0 Å². The van der Waals surface area contributed by atoms with Crippen molar-refractivity contribution in [1.29, 1.82) is 0 Å². The number of amides is 2. The topological polar surface area (TPSA) is 84.2 Å². The van der Waals surface area contributed by atoms with Crippen LogP contribution in [0.5, 0.6) is 0 Å². The Bertz CT molecular complexity index is 406. The summed E-state index contributed by atoms with van der Waals surface area (Å²) < 4.78 is 0. The van der Waals surface area contributed by atoms with Crippen molar-refractivity contribution in [1.82, 2.24) is 10.6 Å². The molecule has 5 heteroatoms. The molecule has 19 heavy (non-hydrogen) atoms. The predicted molar refractivity (Wildman–Crippen MR) is 74.4 cm³/mol. The number of nitrogens with two attached hydrogens (primary N) is 1. The zero-order chi connectivity index (χ0) is 14.1. The fourth-order valence-corrected chi connectivity index (χ4v) is 1.68. The first kappa shape index (κ1) is 15.2. The fourth-order valence-electron chi connectivity index (χ4n) is 1.68. The first-order chi connectivity index (χ1) is 9.13. The Labute approximate surface area is 113 Å². The monoisotopic (exact) mass is 263 g/mol. The van der Waals surface area contributed by atoms with Gasteiger partial charge >= 0.3 is 0 Å². The highest BCUT2D eigenvalue weighted by molar-refractivity contribution is 5.82. The van der Waals surface area contributed by atoms with Gasteiger partial charge in [0, 0.05) is 19.5 Å². The molecule has 2 amide bonds. The highest BCUT2D eigenvalue weighted by Gasteiger charge is 2.13. The molecule has 0 fully saturated rings. The van der Waals surface area contributed by atoms with E-state index in [2.05, 4.69) is 10.6 Å². The molecule has 0 saturated carbocycles. The lowest BCUT2D eigenvalue weighted by atomic mass is 10.1. The summed E-state index contributed by atoms with van der Waals surface area (Å²) in [5, 5.41) is 5.33.